The minimum absolute atomic E-state index is 0.100. The van der Waals surface area contributed by atoms with Crippen LogP contribution in [0.5, 0.6) is 5.75 Å². The number of benzene rings is 1. The number of aromatic nitrogens is 2. The van der Waals surface area contributed by atoms with Crippen LogP contribution in [0.3, 0.4) is 0 Å². The van der Waals surface area contributed by atoms with Crippen LogP contribution in [0.1, 0.15) is 16.2 Å². The number of carbonyl (C=O) groups is 1. The molecule has 0 radical (unpaired) electrons. The molecule has 1 aromatic carbocycles. The molecule has 1 aromatic heterocycles. The zero-order chi connectivity index (χ0) is 13.0. The van der Waals surface area contributed by atoms with Gasteiger partial charge in [-0.05, 0) is 12.1 Å². The first kappa shape index (κ1) is 12.3. The van der Waals surface area contributed by atoms with Gasteiger partial charge in [-0.3, -0.25) is 4.98 Å². The minimum Gasteiger partial charge on any atom is -0.486 e. The molecule has 0 bridgehead atoms. The van der Waals surface area contributed by atoms with Crippen LogP contribution in [-0.2, 0) is 6.61 Å². The lowest BCUT2D eigenvalue weighted by molar-refractivity contribution is 0.0690. The number of para-hydroxylation sites is 1. The van der Waals surface area contributed by atoms with Crippen LogP contribution in [0.15, 0.2) is 36.7 Å². The van der Waals surface area contributed by atoms with Crippen molar-refractivity contribution in [3.8, 4) is 5.75 Å². The molecule has 0 unspecified atom stereocenters. The molecule has 18 heavy (non-hydrogen) atoms. The van der Waals surface area contributed by atoms with E-state index in [1.54, 1.807) is 24.3 Å². The van der Waals surface area contributed by atoms with Crippen LogP contribution in [0.25, 0.3) is 0 Å². The lowest BCUT2D eigenvalue weighted by atomic mass is 10.3. The molecule has 5 nitrogen and oxygen atoms in total. The summed E-state index contributed by atoms with van der Waals surface area (Å²) in [6.45, 7) is 0.177. The van der Waals surface area contributed by atoms with Crippen molar-refractivity contribution in [1.82, 2.24) is 9.97 Å². The van der Waals surface area contributed by atoms with E-state index >= 15 is 0 Å². The molecule has 0 amide bonds. The number of ether oxygens (including phenoxy) is 1. The lowest BCUT2D eigenvalue weighted by Gasteiger charge is -2.06. The third-order valence-corrected chi connectivity index (χ3v) is 2.45. The summed E-state index contributed by atoms with van der Waals surface area (Å²) < 4.78 is 5.44. The van der Waals surface area contributed by atoms with Crippen molar-refractivity contribution in [3.05, 3.63) is 53.1 Å². The van der Waals surface area contributed by atoms with Crippen LogP contribution in [-0.4, -0.2) is 21.0 Å². The molecule has 1 N–H and O–H groups in total. The van der Waals surface area contributed by atoms with Crippen LogP contribution in [0, 0.1) is 0 Å². The molecule has 2 rings (SSSR count). The van der Waals surface area contributed by atoms with Gasteiger partial charge in [-0.2, -0.15) is 0 Å². The van der Waals surface area contributed by atoms with Gasteiger partial charge in [0.05, 0.1) is 23.1 Å². The average Bonchev–Trinajstić information content (AvgIpc) is 2.38. The van der Waals surface area contributed by atoms with Gasteiger partial charge in [-0.25, -0.2) is 9.78 Å². The fraction of sp³-hybridized carbons (Fsp3) is 0.0833. The Balaban J connectivity index is 2.02. The number of carboxylic acids is 1. The Morgan fingerprint density at radius 2 is 2.06 bits per heavy atom. The summed E-state index contributed by atoms with van der Waals surface area (Å²) in [6.07, 6.45) is 2.55. The number of aromatic carboxylic acids is 1. The van der Waals surface area contributed by atoms with Crippen molar-refractivity contribution in [2.45, 2.75) is 6.61 Å². The lowest BCUT2D eigenvalue weighted by Crippen LogP contribution is -2.04. The highest BCUT2D eigenvalue weighted by atomic mass is 35.5. The molecule has 0 aliphatic rings. The highest BCUT2D eigenvalue weighted by Crippen LogP contribution is 2.23. The van der Waals surface area contributed by atoms with Gasteiger partial charge in [0, 0.05) is 0 Å². The van der Waals surface area contributed by atoms with Gasteiger partial charge in [0.15, 0.2) is 5.69 Å². The second-order valence-electron chi connectivity index (χ2n) is 3.42. The summed E-state index contributed by atoms with van der Waals surface area (Å²) in [6, 6.07) is 7.06. The van der Waals surface area contributed by atoms with E-state index in [0.29, 0.717) is 16.5 Å². The van der Waals surface area contributed by atoms with Crippen LogP contribution in [0.4, 0.5) is 0 Å². The van der Waals surface area contributed by atoms with E-state index in [2.05, 4.69) is 9.97 Å². The number of hydrogen-bond acceptors (Lipinski definition) is 4. The Bertz CT molecular complexity index is 558. The monoisotopic (exact) mass is 264 g/mol. The SMILES string of the molecule is O=C(O)c1cnc(COc2ccccc2Cl)cn1. The largest absolute Gasteiger partial charge is 0.486 e. The van der Waals surface area contributed by atoms with Crippen molar-refractivity contribution < 1.29 is 14.6 Å². The van der Waals surface area contributed by atoms with Crippen LogP contribution >= 0.6 is 11.6 Å². The Morgan fingerprint density at radius 3 is 2.67 bits per heavy atom. The second-order valence-corrected chi connectivity index (χ2v) is 3.82. The first-order valence-corrected chi connectivity index (χ1v) is 5.46. The van der Waals surface area contributed by atoms with Crippen LogP contribution in [0.2, 0.25) is 5.02 Å². The van der Waals surface area contributed by atoms with Gasteiger partial charge in [0.25, 0.3) is 0 Å². The van der Waals surface area contributed by atoms with E-state index in [-0.39, 0.29) is 12.3 Å². The van der Waals surface area contributed by atoms with E-state index in [1.165, 1.54) is 12.4 Å². The number of rotatable bonds is 4. The maximum atomic E-state index is 10.6. The quantitative estimate of drug-likeness (QED) is 0.918. The molecule has 2 aromatic rings. The molecule has 0 aliphatic carbocycles. The smallest absolute Gasteiger partial charge is 0.356 e. The van der Waals surface area contributed by atoms with E-state index in [1.807, 2.05) is 0 Å². The zero-order valence-electron chi connectivity index (χ0n) is 9.21. The first-order valence-electron chi connectivity index (χ1n) is 5.08. The van der Waals surface area contributed by atoms with E-state index in [4.69, 9.17) is 21.4 Å². The maximum absolute atomic E-state index is 10.6. The fourth-order valence-corrected chi connectivity index (χ4v) is 1.44. The van der Waals surface area contributed by atoms with E-state index in [9.17, 15) is 4.79 Å². The highest BCUT2D eigenvalue weighted by Gasteiger charge is 2.06. The van der Waals surface area contributed by atoms with Gasteiger partial charge in [-0.15, -0.1) is 0 Å². The summed E-state index contributed by atoms with van der Waals surface area (Å²) in [7, 11) is 0. The molecule has 0 spiro atoms. The molecule has 0 atom stereocenters. The Kier molecular flexibility index (Phi) is 3.74. The van der Waals surface area contributed by atoms with Crippen molar-refractivity contribution in [2.24, 2.45) is 0 Å². The molecule has 92 valence electrons. The minimum atomic E-state index is -1.11. The molecule has 0 fully saturated rings. The normalized spacial score (nSPS) is 10.1. The number of nitrogens with zero attached hydrogens (tertiary/aromatic N) is 2. The van der Waals surface area contributed by atoms with Crippen molar-refractivity contribution in [2.75, 3.05) is 0 Å². The molecule has 6 heteroatoms. The van der Waals surface area contributed by atoms with Gasteiger partial charge in [0.1, 0.15) is 12.4 Å². The topological polar surface area (TPSA) is 72.3 Å². The van der Waals surface area contributed by atoms with Crippen molar-refractivity contribution in [3.63, 3.8) is 0 Å². The highest BCUT2D eigenvalue weighted by molar-refractivity contribution is 6.32. The fourth-order valence-electron chi connectivity index (χ4n) is 1.25. The number of halogens is 1. The molecular weight excluding hydrogens is 256 g/mol. The van der Waals surface area contributed by atoms with Crippen molar-refractivity contribution >= 4 is 17.6 Å². The maximum Gasteiger partial charge on any atom is 0.356 e. The summed E-state index contributed by atoms with van der Waals surface area (Å²) in [4.78, 5) is 18.3. The Hall–Kier alpha value is -2.14. The second kappa shape index (κ2) is 5.46. The molecule has 0 saturated carbocycles. The predicted molar refractivity (Wildman–Crippen MR) is 64.8 cm³/mol. The zero-order valence-corrected chi connectivity index (χ0v) is 9.96. The van der Waals surface area contributed by atoms with Crippen LogP contribution < -0.4 is 4.74 Å². The van der Waals surface area contributed by atoms with E-state index in [0.717, 1.165) is 0 Å². The molecule has 1 heterocycles. The first-order chi connectivity index (χ1) is 8.66. The molecular formula is C12H9ClN2O3. The molecule has 0 saturated heterocycles. The van der Waals surface area contributed by atoms with Gasteiger partial charge < -0.3 is 9.84 Å². The number of carboxylic acid groups (broad SMARTS) is 1. The number of hydrogen-bond donors (Lipinski definition) is 1. The van der Waals surface area contributed by atoms with E-state index < -0.39 is 5.97 Å². The summed E-state index contributed by atoms with van der Waals surface area (Å²) in [5.74, 6) is -0.565. The van der Waals surface area contributed by atoms with Gasteiger partial charge >= 0.3 is 5.97 Å². The standard InChI is InChI=1S/C12H9ClN2O3/c13-9-3-1-2-4-11(9)18-7-8-5-15-10(6-14-8)12(16)17/h1-6H,7H2,(H,16,17). The Morgan fingerprint density at radius 1 is 1.28 bits per heavy atom. The molecule has 0 aliphatic heterocycles. The third-order valence-electron chi connectivity index (χ3n) is 2.14. The predicted octanol–water partition coefficient (Wildman–Crippen LogP) is 2.41. The average molecular weight is 265 g/mol. The third kappa shape index (κ3) is 2.95. The summed E-state index contributed by atoms with van der Waals surface area (Å²) >= 11 is 5.92. The van der Waals surface area contributed by atoms with Gasteiger partial charge in [0.2, 0.25) is 0 Å². The summed E-state index contributed by atoms with van der Waals surface area (Å²) in [5.41, 5.74) is 0.427. The van der Waals surface area contributed by atoms with Crippen molar-refractivity contribution in [1.29, 1.82) is 0 Å². The summed E-state index contributed by atoms with van der Waals surface area (Å²) in [5, 5.41) is 9.18. The Labute approximate surface area is 108 Å². The van der Waals surface area contributed by atoms with Gasteiger partial charge in [-0.1, -0.05) is 23.7 Å².